The third-order valence-corrected chi connectivity index (χ3v) is 2.86. The third kappa shape index (κ3) is 3.41. The van der Waals surface area contributed by atoms with Crippen LogP contribution in [0.15, 0.2) is 48.5 Å². The fraction of sp³-hybridized carbons (Fsp3) is 0.143. The van der Waals surface area contributed by atoms with Gasteiger partial charge in [0.25, 0.3) is 5.92 Å². The molecule has 2 aromatic rings. The minimum Gasteiger partial charge on any atom is -0.376 e. The second kappa shape index (κ2) is 5.53. The van der Waals surface area contributed by atoms with Crippen LogP contribution in [0.3, 0.4) is 0 Å². The fourth-order valence-electron chi connectivity index (χ4n) is 1.62. The van der Waals surface area contributed by atoms with E-state index >= 15 is 0 Å². The number of nitrogens with one attached hydrogen (secondary N) is 1. The molecule has 0 saturated heterocycles. The van der Waals surface area contributed by atoms with Gasteiger partial charge in [0.1, 0.15) is 5.82 Å². The molecule has 0 radical (unpaired) electrons. The zero-order valence-electron chi connectivity index (χ0n) is 9.84. The first kappa shape index (κ1) is 13.7. The molecule has 0 aliphatic carbocycles. The molecule has 0 unspecified atom stereocenters. The van der Waals surface area contributed by atoms with E-state index in [1.807, 2.05) is 0 Å². The smallest absolute Gasteiger partial charge is 0.290 e. The maximum Gasteiger partial charge on any atom is 0.290 e. The van der Waals surface area contributed by atoms with Crippen LogP contribution >= 0.6 is 11.6 Å². The van der Waals surface area contributed by atoms with Gasteiger partial charge in [0.15, 0.2) is 0 Å². The van der Waals surface area contributed by atoms with E-state index < -0.39 is 18.3 Å². The van der Waals surface area contributed by atoms with Crippen LogP contribution < -0.4 is 5.32 Å². The van der Waals surface area contributed by atoms with Gasteiger partial charge in [-0.2, -0.15) is 8.78 Å². The molecule has 0 aliphatic heterocycles. The monoisotopic (exact) mass is 285 g/mol. The molecule has 1 N–H and O–H groups in total. The Hall–Kier alpha value is -1.68. The van der Waals surface area contributed by atoms with Gasteiger partial charge in [-0.15, -0.1) is 0 Å². The molecule has 0 saturated carbocycles. The van der Waals surface area contributed by atoms with Crippen LogP contribution in [0.2, 0.25) is 5.02 Å². The van der Waals surface area contributed by atoms with E-state index in [4.69, 9.17) is 11.6 Å². The topological polar surface area (TPSA) is 12.0 Å². The van der Waals surface area contributed by atoms with Gasteiger partial charge in [-0.1, -0.05) is 41.9 Å². The van der Waals surface area contributed by atoms with Crippen LogP contribution in [0, 0.1) is 5.82 Å². The molecule has 2 aromatic carbocycles. The van der Waals surface area contributed by atoms with Crippen LogP contribution in [0.25, 0.3) is 0 Å². The average Bonchev–Trinajstić information content (AvgIpc) is 2.41. The lowest BCUT2D eigenvalue weighted by atomic mass is 10.1. The number of hydrogen-bond acceptors (Lipinski definition) is 1. The summed E-state index contributed by atoms with van der Waals surface area (Å²) in [5.41, 5.74) is -0.159. The third-order valence-electron chi connectivity index (χ3n) is 2.63. The molecule has 2 rings (SSSR count). The van der Waals surface area contributed by atoms with Gasteiger partial charge in [0, 0.05) is 10.6 Å². The SMILES string of the molecule is Fc1ccc(Cl)cc1NCC(F)(F)c1ccccc1. The number of rotatable bonds is 4. The van der Waals surface area contributed by atoms with E-state index in [1.54, 1.807) is 6.07 Å². The van der Waals surface area contributed by atoms with Gasteiger partial charge in [0.05, 0.1) is 12.2 Å². The van der Waals surface area contributed by atoms with Crippen molar-refractivity contribution >= 4 is 17.3 Å². The molecular formula is C14H11ClF3N. The lowest BCUT2D eigenvalue weighted by molar-refractivity contribution is 0.0106. The van der Waals surface area contributed by atoms with Crippen molar-refractivity contribution < 1.29 is 13.2 Å². The zero-order chi connectivity index (χ0) is 13.9. The Bertz CT molecular complexity index is 558. The van der Waals surface area contributed by atoms with Crippen LogP contribution in [0.4, 0.5) is 18.9 Å². The Morgan fingerprint density at radius 2 is 1.74 bits per heavy atom. The fourth-order valence-corrected chi connectivity index (χ4v) is 1.80. The van der Waals surface area contributed by atoms with Crippen LogP contribution in [-0.4, -0.2) is 6.54 Å². The van der Waals surface area contributed by atoms with Crippen LogP contribution in [0.1, 0.15) is 5.56 Å². The zero-order valence-corrected chi connectivity index (χ0v) is 10.6. The van der Waals surface area contributed by atoms with Gasteiger partial charge in [-0.3, -0.25) is 0 Å². The van der Waals surface area contributed by atoms with E-state index in [0.29, 0.717) is 0 Å². The summed E-state index contributed by atoms with van der Waals surface area (Å²) in [4.78, 5) is 0. The Balaban J connectivity index is 2.12. The summed E-state index contributed by atoms with van der Waals surface area (Å²) in [6, 6.07) is 11.1. The van der Waals surface area contributed by atoms with Crippen molar-refractivity contribution in [3.05, 3.63) is 64.9 Å². The van der Waals surface area contributed by atoms with Crippen molar-refractivity contribution in [1.82, 2.24) is 0 Å². The van der Waals surface area contributed by atoms with E-state index in [1.165, 1.54) is 36.4 Å². The molecule has 0 amide bonds. The molecule has 100 valence electrons. The highest BCUT2D eigenvalue weighted by Crippen LogP contribution is 2.29. The lowest BCUT2D eigenvalue weighted by Gasteiger charge is -2.18. The highest BCUT2D eigenvalue weighted by atomic mass is 35.5. The molecule has 0 atom stereocenters. The van der Waals surface area contributed by atoms with Crippen molar-refractivity contribution in [1.29, 1.82) is 0 Å². The Kier molecular flexibility index (Phi) is 4.00. The summed E-state index contributed by atoms with van der Waals surface area (Å²) in [6.07, 6.45) is 0. The summed E-state index contributed by atoms with van der Waals surface area (Å²) in [5.74, 6) is -3.70. The van der Waals surface area contributed by atoms with Crippen molar-refractivity contribution in [3.8, 4) is 0 Å². The average molecular weight is 286 g/mol. The molecule has 5 heteroatoms. The highest BCUT2D eigenvalue weighted by Gasteiger charge is 2.31. The Labute approximate surface area is 114 Å². The first-order valence-corrected chi connectivity index (χ1v) is 5.99. The molecule has 0 bridgehead atoms. The second-order valence-corrected chi connectivity index (χ2v) is 4.48. The molecule has 0 spiro atoms. The second-order valence-electron chi connectivity index (χ2n) is 4.05. The van der Waals surface area contributed by atoms with Gasteiger partial charge in [-0.05, 0) is 18.2 Å². The summed E-state index contributed by atoms with van der Waals surface area (Å²) < 4.78 is 41.1. The first-order chi connectivity index (χ1) is 8.99. The summed E-state index contributed by atoms with van der Waals surface area (Å²) in [5, 5.41) is 2.67. The van der Waals surface area contributed by atoms with Gasteiger partial charge in [0.2, 0.25) is 0 Å². The predicted molar refractivity (Wildman–Crippen MR) is 70.2 cm³/mol. The summed E-state index contributed by atoms with van der Waals surface area (Å²) in [7, 11) is 0. The van der Waals surface area contributed by atoms with Gasteiger partial charge < -0.3 is 5.32 Å². The highest BCUT2D eigenvalue weighted by molar-refractivity contribution is 6.30. The lowest BCUT2D eigenvalue weighted by Crippen LogP contribution is -2.25. The van der Waals surface area contributed by atoms with E-state index in [2.05, 4.69) is 5.32 Å². The maximum atomic E-state index is 13.9. The quantitative estimate of drug-likeness (QED) is 0.860. The molecule has 0 aliphatic rings. The van der Waals surface area contributed by atoms with Gasteiger partial charge in [-0.25, -0.2) is 4.39 Å². The number of hydrogen-bond donors (Lipinski definition) is 1. The van der Waals surface area contributed by atoms with Crippen molar-refractivity contribution in [2.75, 3.05) is 11.9 Å². The normalized spacial score (nSPS) is 11.4. The van der Waals surface area contributed by atoms with E-state index in [0.717, 1.165) is 6.07 Å². The van der Waals surface area contributed by atoms with Crippen LogP contribution in [0.5, 0.6) is 0 Å². The van der Waals surface area contributed by atoms with Crippen molar-refractivity contribution in [2.24, 2.45) is 0 Å². The van der Waals surface area contributed by atoms with Gasteiger partial charge >= 0.3 is 0 Å². The maximum absolute atomic E-state index is 13.9. The van der Waals surface area contributed by atoms with E-state index in [9.17, 15) is 13.2 Å². The Morgan fingerprint density at radius 1 is 1.05 bits per heavy atom. The minimum atomic E-state index is -3.09. The molecule has 1 nitrogen and oxygen atoms in total. The first-order valence-electron chi connectivity index (χ1n) is 5.61. The summed E-state index contributed by atoms with van der Waals surface area (Å²) >= 11 is 5.69. The molecular weight excluding hydrogens is 275 g/mol. The van der Waals surface area contributed by atoms with Crippen molar-refractivity contribution in [2.45, 2.75) is 5.92 Å². The number of anilines is 1. The number of benzene rings is 2. The number of alkyl halides is 2. The molecule has 19 heavy (non-hydrogen) atoms. The van der Waals surface area contributed by atoms with E-state index in [-0.39, 0.29) is 16.3 Å². The van der Waals surface area contributed by atoms with Crippen LogP contribution in [-0.2, 0) is 5.92 Å². The summed E-state index contributed by atoms with van der Waals surface area (Å²) in [6.45, 7) is -0.700. The molecule has 0 heterocycles. The number of halogens is 4. The predicted octanol–water partition coefficient (Wildman–Crippen LogP) is 4.68. The molecule has 0 fully saturated rings. The Morgan fingerprint density at radius 3 is 2.42 bits per heavy atom. The van der Waals surface area contributed by atoms with Crippen molar-refractivity contribution in [3.63, 3.8) is 0 Å². The standard InChI is InChI=1S/C14H11ClF3N/c15-11-6-7-12(16)13(8-11)19-9-14(17,18)10-4-2-1-3-5-10/h1-8,19H,9H2. The largest absolute Gasteiger partial charge is 0.376 e. The molecule has 0 aromatic heterocycles. The minimum absolute atomic E-state index is 0.0388.